The molecule has 2 aliphatic rings. The van der Waals surface area contributed by atoms with Crippen LogP contribution in [0.1, 0.15) is 11.1 Å². The minimum atomic E-state index is -3.15. The Balaban J connectivity index is 1.55. The molecule has 7 nitrogen and oxygen atoms in total. The van der Waals surface area contributed by atoms with E-state index in [2.05, 4.69) is 10.3 Å². The second kappa shape index (κ2) is 8.55. The Hall–Kier alpha value is -2.52. The predicted octanol–water partition coefficient (Wildman–Crippen LogP) is 3.03. The van der Waals surface area contributed by atoms with Gasteiger partial charge in [-0.15, -0.1) is 0 Å². The first-order chi connectivity index (χ1) is 14.8. The largest absolute Gasteiger partial charge is 0.495 e. The summed E-state index contributed by atoms with van der Waals surface area (Å²) in [5, 5.41) is 3.63. The third-order valence-corrected chi connectivity index (χ3v) is 8.20. The summed E-state index contributed by atoms with van der Waals surface area (Å²) in [6.07, 6.45) is 0. The van der Waals surface area contributed by atoms with Gasteiger partial charge in [-0.1, -0.05) is 42.1 Å². The molecule has 0 spiro atoms. The SMILES string of the molecule is COc1ccccc1N1C(SCC(=O)Nc2c(C)cccc2C)=N[C@@H]2CS(=O)(=O)C[C@@H]21. The van der Waals surface area contributed by atoms with Gasteiger partial charge in [0, 0.05) is 5.69 Å². The molecular weight excluding hydrogens is 434 g/mol. The molecule has 0 radical (unpaired) electrons. The zero-order valence-electron chi connectivity index (χ0n) is 17.7. The molecule has 31 heavy (non-hydrogen) atoms. The molecule has 2 aromatic carbocycles. The number of nitrogens with one attached hydrogen (secondary N) is 1. The van der Waals surface area contributed by atoms with E-state index in [0.717, 1.165) is 22.5 Å². The summed E-state index contributed by atoms with van der Waals surface area (Å²) in [6, 6.07) is 12.7. The van der Waals surface area contributed by atoms with Crippen molar-refractivity contribution in [2.24, 2.45) is 4.99 Å². The van der Waals surface area contributed by atoms with E-state index in [1.54, 1.807) is 7.11 Å². The van der Waals surface area contributed by atoms with E-state index in [1.165, 1.54) is 11.8 Å². The van der Waals surface area contributed by atoms with Gasteiger partial charge in [0.1, 0.15) is 5.75 Å². The number of hydrogen-bond donors (Lipinski definition) is 1. The van der Waals surface area contributed by atoms with E-state index in [4.69, 9.17) is 4.74 Å². The number of fused-ring (bicyclic) bond motifs is 1. The molecular formula is C22H25N3O4S2. The van der Waals surface area contributed by atoms with E-state index in [9.17, 15) is 13.2 Å². The maximum absolute atomic E-state index is 12.7. The number of nitrogens with zero attached hydrogens (tertiary/aromatic N) is 2. The number of para-hydroxylation sites is 3. The van der Waals surface area contributed by atoms with Crippen LogP contribution in [-0.2, 0) is 14.6 Å². The first kappa shape index (κ1) is 21.7. The number of methoxy groups -OCH3 is 1. The lowest BCUT2D eigenvalue weighted by molar-refractivity contribution is -0.113. The number of hydrogen-bond acceptors (Lipinski definition) is 7. The number of amides is 1. The molecule has 9 heteroatoms. The smallest absolute Gasteiger partial charge is 0.234 e. The number of carbonyl (C=O) groups is 1. The molecule has 2 aliphatic heterocycles. The molecule has 0 bridgehead atoms. The fraction of sp³-hybridized carbons (Fsp3) is 0.364. The van der Waals surface area contributed by atoms with Crippen LogP contribution in [0.2, 0.25) is 0 Å². The highest BCUT2D eigenvalue weighted by Gasteiger charge is 2.47. The normalized spacial score (nSPS) is 21.5. The number of anilines is 2. The number of carbonyl (C=O) groups excluding carboxylic acids is 1. The highest BCUT2D eigenvalue weighted by atomic mass is 32.2. The molecule has 0 saturated carbocycles. The zero-order valence-corrected chi connectivity index (χ0v) is 19.3. The van der Waals surface area contributed by atoms with Gasteiger partial charge in [0.05, 0.1) is 42.1 Å². The quantitative estimate of drug-likeness (QED) is 0.740. The van der Waals surface area contributed by atoms with Crippen molar-refractivity contribution < 1.29 is 17.9 Å². The topological polar surface area (TPSA) is 88.1 Å². The molecule has 4 rings (SSSR count). The molecule has 0 aliphatic carbocycles. The predicted molar refractivity (Wildman–Crippen MR) is 126 cm³/mol. The molecule has 164 valence electrons. The Labute approximate surface area is 186 Å². The average molecular weight is 460 g/mol. The van der Waals surface area contributed by atoms with Crippen molar-refractivity contribution in [3.8, 4) is 5.75 Å². The third-order valence-electron chi connectivity index (χ3n) is 5.53. The van der Waals surface area contributed by atoms with Gasteiger partial charge >= 0.3 is 0 Å². The second-order valence-corrected chi connectivity index (χ2v) is 10.9. The van der Waals surface area contributed by atoms with E-state index in [1.807, 2.05) is 61.2 Å². The summed E-state index contributed by atoms with van der Waals surface area (Å²) in [7, 11) is -1.57. The molecule has 2 heterocycles. The number of ether oxygens (including phenoxy) is 1. The summed E-state index contributed by atoms with van der Waals surface area (Å²) in [5.41, 5.74) is 3.60. The molecule has 0 unspecified atom stereocenters. The van der Waals surface area contributed by atoms with Gasteiger partial charge in [-0.25, -0.2) is 8.42 Å². The highest BCUT2D eigenvalue weighted by Crippen LogP contribution is 2.39. The van der Waals surface area contributed by atoms with Crippen molar-refractivity contribution in [3.63, 3.8) is 0 Å². The van der Waals surface area contributed by atoms with Crippen LogP contribution >= 0.6 is 11.8 Å². The minimum Gasteiger partial charge on any atom is -0.495 e. The zero-order chi connectivity index (χ0) is 22.2. The van der Waals surface area contributed by atoms with Gasteiger partial charge in [0.2, 0.25) is 5.91 Å². The Bertz CT molecular complexity index is 1130. The molecule has 0 aromatic heterocycles. The van der Waals surface area contributed by atoms with Crippen LogP contribution in [0, 0.1) is 13.8 Å². The number of rotatable bonds is 5. The van der Waals surface area contributed by atoms with Crippen molar-refractivity contribution in [3.05, 3.63) is 53.6 Å². The van der Waals surface area contributed by atoms with E-state index in [0.29, 0.717) is 10.9 Å². The van der Waals surface area contributed by atoms with Gasteiger partial charge in [-0.3, -0.25) is 9.79 Å². The minimum absolute atomic E-state index is 0.0297. The van der Waals surface area contributed by atoms with E-state index < -0.39 is 9.84 Å². The summed E-state index contributed by atoms with van der Waals surface area (Å²) in [4.78, 5) is 19.3. The molecule has 2 aromatic rings. The molecule has 1 amide bonds. The third kappa shape index (κ3) is 4.43. The molecule has 1 saturated heterocycles. The van der Waals surface area contributed by atoms with Crippen molar-refractivity contribution in [2.45, 2.75) is 25.9 Å². The standard InChI is InChI=1S/C22H25N3O4S2/c1-14-7-6-8-15(2)21(14)24-20(26)11-30-22-23-16-12-31(27,28)13-18(16)25(22)17-9-4-5-10-19(17)29-3/h4-10,16,18H,11-13H2,1-3H3,(H,24,26)/t16-,18+/m1/s1. The summed E-state index contributed by atoms with van der Waals surface area (Å²) in [5.74, 6) is 0.750. The highest BCUT2D eigenvalue weighted by molar-refractivity contribution is 8.14. The lowest BCUT2D eigenvalue weighted by Crippen LogP contribution is -2.39. The monoisotopic (exact) mass is 459 g/mol. The Morgan fingerprint density at radius 1 is 1.16 bits per heavy atom. The van der Waals surface area contributed by atoms with Crippen molar-refractivity contribution in [1.29, 1.82) is 0 Å². The van der Waals surface area contributed by atoms with Crippen LogP contribution in [0.5, 0.6) is 5.75 Å². The second-order valence-electron chi connectivity index (χ2n) is 7.77. The van der Waals surface area contributed by atoms with Gasteiger partial charge in [0.25, 0.3) is 0 Å². The maximum Gasteiger partial charge on any atom is 0.234 e. The maximum atomic E-state index is 12.7. The summed E-state index contributed by atoms with van der Waals surface area (Å²) >= 11 is 1.32. The number of aryl methyl sites for hydroxylation is 2. The first-order valence-corrected chi connectivity index (χ1v) is 12.8. The van der Waals surface area contributed by atoms with Gasteiger partial charge in [-0.05, 0) is 37.1 Å². The molecule has 2 atom stereocenters. The number of sulfone groups is 1. The average Bonchev–Trinajstić information content (AvgIpc) is 3.20. The van der Waals surface area contributed by atoms with Crippen molar-refractivity contribution in [2.75, 3.05) is 34.6 Å². The van der Waals surface area contributed by atoms with E-state index >= 15 is 0 Å². The van der Waals surface area contributed by atoms with Crippen molar-refractivity contribution >= 4 is 44.0 Å². The van der Waals surface area contributed by atoms with Crippen LogP contribution < -0.4 is 15.0 Å². The van der Waals surface area contributed by atoms with Crippen LogP contribution in [0.4, 0.5) is 11.4 Å². The number of amidine groups is 1. The Morgan fingerprint density at radius 2 is 1.87 bits per heavy atom. The van der Waals surface area contributed by atoms with Crippen LogP contribution in [0.3, 0.4) is 0 Å². The van der Waals surface area contributed by atoms with Gasteiger partial charge < -0.3 is 15.0 Å². The summed E-state index contributed by atoms with van der Waals surface area (Å²) in [6.45, 7) is 3.92. The molecule has 1 fully saturated rings. The van der Waals surface area contributed by atoms with Crippen LogP contribution in [0.25, 0.3) is 0 Å². The lowest BCUT2D eigenvalue weighted by atomic mass is 10.1. The number of aliphatic imine (C=N–C) groups is 1. The molecule has 1 N–H and O–H groups in total. The summed E-state index contributed by atoms with van der Waals surface area (Å²) < 4.78 is 29.9. The number of thioether (sulfide) groups is 1. The van der Waals surface area contributed by atoms with Crippen LogP contribution in [-0.4, -0.2) is 55.9 Å². The number of benzene rings is 2. The van der Waals surface area contributed by atoms with Crippen molar-refractivity contribution in [1.82, 2.24) is 0 Å². The van der Waals surface area contributed by atoms with E-state index in [-0.39, 0.29) is 35.2 Å². The lowest BCUT2D eigenvalue weighted by Gasteiger charge is -2.27. The fourth-order valence-electron chi connectivity index (χ4n) is 4.06. The van der Waals surface area contributed by atoms with Crippen LogP contribution in [0.15, 0.2) is 47.5 Å². The van der Waals surface area contributed by atoms with Gasteiger partial charge in [-0.2, -0.15) is 0 Å². The van der Waals surface area contributed by atoms with Gasteiger partial charge in [0.15, 0.2) is 15.0 Å². The Morgan fingerprint density at radius 3 is 2.58 bits per heavy atom. The first-order valence-electron chi connectivity index (χ1n) is 9.98. The fourth-order valence-corrected chi connectivity index (χ4v) is 6.82. The Kier molecular flexibility index (Phi) is 5.98.